The number of rotatable bonds is 28. The van der Waals surface area contributed by atoms with Crippen LogP contribution in [0, 0.1) is 0 Å². The van der Waals surface area contributed by atoms with E-state index >= 15 is 0 Å². The highest BCUT2D eigenvalue weighted by Crippen LogP contribution is 2.14. The summed E-state index contributed by atoms with van der Waals surface area (Å²) in [7, 11) is 0. The molecule has 0 aromatic rings. The van der Waals surface area contributed by atoms with E-state index < -0.39 is 0 Å². The number of hydrogen-bond acceptors (Lipinski definition) is 0. The fraction of sp³-hybridized carbons (Fsp3) is 0.722. The van der Waals surface area contributed by atoms with Crippen LogP contribution in [-0.2, 0) is 0 Å². The van der Waals surface area contributed by atoms with Gasteiger partial charge in [0.25, 0.3) is 0 Å². The lowest BCUT2D eigenvalue weighted by atomic mass is 10.0. The first-order valence-electron chi connectivity index (χ1n) is 16.2. The lowest BCUT2D eigenvalue weighted by Gasteiger charge is -2.03. The zero-order valence-electron chi connectivity index (χ0n) is 24.7. The molecule has 0 aliphatic heterocycles. The molecule has 0 saturated heterocycles. The van der Waals surface area contributed by atoms with Gasteiger partial charge in [-0.05, 0) is 64.2 Å². The summed E-state index contributed by atoms with van der Waals surface area (Å²) < 4.78 is 0. The number of unbranched alkanes of at least 4 members (excludes halogenated alkanes) is 18. The third-order valence-corrected chi connectivity index (χ3v) is 6.85. The third kappa shape index (κ3) is 32.7. The van der Waals surface area contributed by atoms with Crippen molar-refractivity contribution < 1.29 is 0 Å². The number of allylic oxidation sites excluding steroid dienone is 10. The molecule has 36 heavy (non-hydrogen) atoms. The van der Waals surface area contributed by atoms with E-state index in [2.05, 4.69) is 74.6 Å². The Morgan fingerprint density at radius 1 is 0.278 bits per heavy atom. The van der Waals surface area contributed by atoms with Crippen LogP contribution < -0.4 is 0 Å². The Labute approximate surface area is 228 Å². The highest BCUT2D eigenvalue weighted by Gasteiger charge is 1.94. The molecular weight excluding hydrogens is 432 g/mol. The van der Waals surface area contributed by atoms with Crippen LogP contribution in [0.4, 0.5) is 0 Å². The fourth-order valence-corrected chi connectivity index (χ4v) is 4.49. The monoisotopic (exact) mass is 497 g/mol. The van der Waals surface area contributed by atoms with Crippen molar-refractivity contribution in [2.45, 2.75) is 168 Å². The predicted molar refractivity (Wildman–Crippen MR) is 168 cm³/mol. The molecule has 208 valence electrons. The second-order valence-electron chi connectivity index (χ2n) is 10.5. The average Bonchev–Trinajstić information content (AvgIpc) is 2.89. The van der Waals surface area contributed by atoms with Gasteiger partial charge in [-0.25, -0.2) is 0 Å². The van der Waals surface area contributed by atoms with Crippen LogP contribution in [0.25, 0.3) is 0 Å². The molecule has 0 rings (SSSR count). The van der Waals surface area contributed by atoms with Crippen molar-refractivity contribution in [1.82, 2.24) is 0 Å². The first-order chi connectivity index (χ1) is 17.9. The van der Waals surface area contributed by atoms with Gasteiger partial charge in [0.1, 0.15) is 0 Å². The Kier molecular flexibility index (Phi) is 32.5. The summed E-state index contributed by atoms with van der Waals surface area (Å²) in [5, 5.41) is 0. The van der Waals surface area contributed by atoms with Crippen molar-refractivity contribution in [2.75, 3.05) is 0 Å². The Balaban J connectivity index is 3.18. The summed E-state index contributed by atoms with van der Waals surface area (Å²) in [6.07, 6.45) is 55.5. The second-order valence-corrected chi connectivity index (χ2v) is 10.5. The molecule has 0 aromatic heterocycles. The first-order valence-corrected chi connectivity index (χ1v) is 16.2. The Bertz CT molecular complexity index is 530. The van der Waals surface area contributed by atoms with Crippen molar-refractivity contribution >= 4 is 0 Å². The van der Waals surface area contributed by atoms with Crippen LogP contribution in [0.2, 0.25) is 0 Å². The Morgan fingerprint density at radius 3 is 0.889 bits per heavy atom. The molecule has 0 heteroatoms. The maximum atomic E-state index is 2.39. The normalized spacial score (nSPS) is 12.6. The average molecular weight is 497 g/mol. The van der Waals surface area contributed by atoms with Crippen LogP contribution in [0.15, 0.2) is 60.8 Å². The fourth-order valence-electron chi connectivity index (χ4n) is 4.49. The number of hydrogen-bond donors (Lipinski definition) is 0. The summed E-state index contributed by atoms with van der Waals surface area (Å²) >= 11 is 0. The molecule has 0 spiro atoms. The van der Waals surface area contributed by atoms with Crippen molar-refractivity contribution in [1.29, 1.82) is 0 Å². The molecular formula is C36H64. The molecule has 0 nitrogen and oxygen atoms in total. The maximum absolute atomic E-state index is 2.39. The quantitative estimate of drug-likeness (QED) is 0.0746. The van der Waals surface area contributed by atoms with E-state index in [9.17, 15) is 0 Å². The summed E-state index contributed by atoms with van der Waals surface area (Å²) in [4.78, 5) is 0. The van der Waals surface area contributed by atoms with Gasteiger partial charge in [-0.2, -0.15) is 0 Å². The second kappa shape index (κ2) is 33.7. The predicted octanol–water partition coefficient (Wildman–Crippen LogP) is 13.2. The summed E-state index contributed by atoms with van der Waals surface area (Å²) in [5.74, 6) is 0. The van der Waals surface area contributed by atoms with E-state index in [4.69, 9.17) is 0 Å². The van der Waals surface area contributed by atoms with Crippen LogP contribution in [0.5, 0.6) is 0 Å². The van der Waals surface area contributed by atoms with Gasteiger partial charge >= 0.3 is 0 Å². The van der Waals surface area contributed by atoms with E-state index in [1.807, 2.05) is 0 Å². The maximum Gasteiger partial charge on any atom is -0.0169 e. The third-order valence-electron chi connectivity index (χ3n) is 6.85. The summed E-state index contributed by atoms with van der Waals surface area (Å²) in [6.45, 7) is 4.45. The molecule has 0 aliphatic rings. The van der Waals surface area contributed by atoms with Crippen LogP contribution >= 0.6 is 0 Å². The van der Waals surface area contributed by atoms with Crippen molar-refractivity contribution in [3.05, 3.63) is 60.8 Å². The molecule has 0 amide bonds. The lowest BCUT2D eigenvalue weighted by Crippen LogP contribution is -1.83. The molecule has 0 heterocycles. The van der Waals surface area contributed by atoms with Gasteiger partial charge < -0.3 is 0 Å². The summed E-state index contributed by atoms with van der Waals surface area (Å²) in [5.41, 5.74) is 0. The molecule has 0 bridgehead atoms. The molecule has 0 saturated carbocycles. The molecule has 0 N–H and O–H groups in total. The minimum absolute atomic E-state index is 1.08. The largest absolute Gasteiger partial charge is 0.0885 e. The van der Waals surface area contributed by atoms with Crippen LogP contribution in [0.3, 0.4) is 0 Å². The van der Waals surface area contributed by atoms with Gasteiger partial charge in [-0.15, -0.1) is 0 Å². The van der Waals surface area contributed by atoms with Crippen molar-refractivity contribution in [3.63, 3.8) is 0 Å². The minimum Gasteiger partial charge on any atom is -0.0885 e. The van der Waals surface area contributed by atoms with Gasteiger partial charge in [0, 0.05) is 0 Å². The molecule has 0 radical (unpaired) electrons. The SMILES string of the molecule is CCC=CCC=CCC=CCCCCCCCCCCCCCCCC/C=C\C/C=C\CCCCC. The van der Waals surface area contributed by atoms with E-state index in [1.54, 1.807) is 0 Å². The first kappa shape index (κ1) is 34.7. The standard InChI is InChI=1S/C36H64/c1-3-5-7-9-11-13-15-17-19-21-23-25-27-29-31-33-35-36-34-32-30-28-26-24-22-20-18-16-14-12-10-8-6-4-2/h5,7,11-14,17-20H,3-4,6,8-10,15-16,21-36H2,1-2H3/b7-5?,13-11?,14-12-,19-17?,20-18-. The Hall–Kier alpha value is -1.30. The van der Waals surface area contributed by atoms with Crippen molar-refractivity contribution in [2.24, 2.45) is 0 Å². The van der Waals surface area contributed by atoms with Crippen molar-refractivity contribution in [3.8, 4) is 0 Å². The lowest BCUT2D eigenvalue weighted by molar-refractivity contribution is 0.534. The molecule has 0 unspecified atom stereocenters. The minimum atomic E-state index is 1.08. The van der Waals surface area contributed by atoms with Gasteiger partial charge in [0.15, 0.2) is 0 Å². The van der Waals surface area contributed by atoms with Gasteiger partial charge in [0.05, 0.1) is 0 Å². The zero-order chi connectivity index (χ0) is 26.0. The van der Waals surface area contributed by atoms with E-state index in [0.29, 0.717) is 0 Å². The van der Waals surface area contributed by atoms with Gasteiger partial charge in [-0.3, -0.25) is 0 Å². The van der Waals surface area contributed by atoms with Gasteiger partial charge in [0.2, 0.25) is 0 Å². The smallest absolute Gasteiger partial charge is 0.0169 e. The van der Waals surface area contributed by atoms with E-state index in [0.717, 1.165) is 25.7 Å². The highest BCUT2D eigenvalue weighted by molar-refractivity contribution is 4.97. The van der Waals surface area contributed by atoms with E-state index in [1.165, 1.54) is 128 Å². The highest BCUT2D eigenvalue weighted by atomic mass is 14.0. The van der Waals surface area contributed by atoms with Crippen LogP contribution in [-0.4, -0.2) is 0 Å². The van der Waals surface area contributed by atoms with Crippen LogP contribution in [0.1, 0.15) is 168 Å². The zero-order valence-corrected chi connectivity index (χ0v) is 24.7. The molecule has 0 aromatic carbocycles. The molecule has 0 fully saturated rings. The Morgan fingerprint density at radius 2 is 0.556 bits per heavy atom. The molecule has 0 aliphatic carbocycles. The molecule has 0 atom stereocenters. The summed E-state index contributed by atoms with van der Waals surface area (Å²) in [6, 6.07) is 0. The topological polar surface area (TPSA) is 0 Å². The van der Waals surface area contributed by atoms with Gasteiger partial charge in [-0.1, -0.05) is 164 Å². The van der Waals surface area contributed by atoms with E-state index in [-0.39, 0.29) is 0 Å².